The van der Waals surface area contributed by atoms with Gasteiger partial charge in [0.25, 0.3) is 0 Å². The Morgan fingerprint density at radius 1 is 0.812 bits per heavy atom. The highest BCUT2D eigenvalue weighted by atomic mass is 16.4. The molecule has 92 valence electrons. The molecule has 0 rings (SSSR count). The molecule has 0 amide bonds. The third-order valence-corrected chi connectivity index (χ3v) is 1.16. The zero-order valence-electron chi connectivity index (χ0n) is 10.3. The standard InChI is InChI=1S/C8H8O4.2C2H6/c1-3-5(7(9)10)6(4-2)8(11)12;2*1-2/h3-4H,1-2H2,(H,9,10)(H,11,12);2*1-2H3/b6-5-;;. The lowest BCUT2D eigenvalue weighted by Gasteiger charge is -1.97. The lowest BCUT2D eigenvalue weighted by Crippen LogP contribution is -2.07. The van der Waals surface area contributed by atoms with Crippen molar-refractivity contribution in [3.8, 4) is 0 Å². The first kappa shape index (κ1) is 19.7. The first-order valence-electron chi connectivity index (χ1n) is 5.00. The number of hydrogen-bond acceptors (Lipinski definition) is 2. The largest absolute Gasteiger partial charge is 0.478 e. The molecule has 0 atom stereocenters. The van der Waals surface area contributed by atoms with E-state index in [1.807, 2.05) is 27.7 Å². The summed E-state index contributed by atoms with van der Waals surface area (Å²) in [5, 5.41) is 17.0. The Bertz CT molecular complexity index is 247. The minimum absolute atomic E-state index is 0.363. The maximum absolute atomic E-state index is 10.4. The van der Waals surface area contributed by atoms with Crippen molar-refractivity contribution < 1.29 is 19.8 Å². The zero-order valence-corrected chi connectivity index (χ0v) is 10.3. The Morgan fingerprint density at radius 3 is 1.06 bits per heavy atom. The number of rotatable bonds is 4. The Balaban J connectivity index is -0.000000376. The summed E-state index contributed by atoms with van der Waals surface area (Å²) in [6.45, 7) is 14.4. The van der Waals surface area contributed by atoms with E-state index in [1.54, 1.807) is 0 Å². The normalized spacial score (nSPS) is 9.25. The summed E-state index contributed by atoms with van der Waals surface area (Å²) < 4.78 is 0. The second kappa shape index (κ2) is 13.2. The van der Waals surface area contributed by atoms with Crippen molar-refractivity contribution in [3.63, 3.8) is 0 Å². The summed E-state index contributed by atoms with van der Waals surface area (Å²) in [4.78, 5) is 20.8. The summed E-state index contributed by atoms with van der Waals surface area (Å²) >= 11 is 0. The Hall–Kier alpha value is -1.84. The topological polar surface area (TPSA) is 74.6 Å². The first-order valence-corrected chi connectivity index (χ1v) is 5.00. The molecule has 0 spiro atoms. The van der Waals surface area contributed by atoms with Gasteiger partial charge in [0, 0.05) is 0 Å². The summed E-state index contributed by atoms with van der Waals surface area (Å²) in [5.74, 6) is -2.66. The highest BCUT2D eigenvalue weighted by molar-refractivity contribution is 6.02. The van der Waals surface area contributed by atoms with E-state index in [-0.39, 0.29) is 11.1 Å². The van der Waals surface area contributed by atoms with Gasteiger partial charge >= 0.3 is 11.9 Å². The molecule has 0 aromatic carbocycles. The van der Waals surface area contributed by atoms with E-state index in [1.165, 1.54) is 0 Å². The fourth-order valence-corrected chi connectivity index (χ4v) is 0.625. The van der Waals surface area contributed by atoms with E-state index in [0.29, 0.717) is 0 Å². The summed E-state index contributed by atoms with van der Waals surface area (Å²) in [5.41, 5.74) is -0.727. The number of carboxylic acid groups (broad SMARTS) is 2. The SMILES string of the molecule is C=C/C(C(=O)O)=C(\C=C)C(=O)O.CC.CC. The summed E-state index contributed by atoms with van der Waals surface area (Å²) in [6, 6.07) is 0. The molecule has 0 aliphatic rings. The van der Waals surface area contributed by atoms with Gasteiger partial charge < -0.3 is 10.2 Å². The van der Waals surface area contributed by atoms with Crippen molar-refractivity contribution in [2.75, 3.05) is 0 Å². The van der Waals surface area contributed by atoms with Gasteiger partial charge in [-0.2, -0.15) is 0 Å². The second-order valence-corrected chi connectivity index (χ2v) is 1.85. The summed E-state index contributed by atoms with van der Waals surface area (Å²) in [7, 11) is 0. The maximum Gasteiger partial charge on any atom is 0.336 e. The molecule has 0 aromatic heterocycles. The van der Waals surface area contributed by atoms with Crippen molar-refractivity contribution >= 4 is 11.9 Å². The average molecular weight is 228 g/mol. The Morgan fingerprint density at radius 2 is 1.00 bits per heavy atom. The van der Waals surface area contributed by atoms with Gasteiger partial charge in [-0.25, -0.2) is 9.59 Å². The van der Waals surface area contributed by atoms with Crippen LogP contribution in [0.2, 0.25) is 0 Å². The molecule has 16 heavy (non-hydrogen) atoms. The minimum Gasteiger partial charge on any atom is -0.478 e. The van der Waals surface area contributed by atoms with Gasteiger partial charge in [0.2, 0.25) is 0 Å². The molecule has 4 nitrogen and oxygen atoms in total. The smallest absolute Gasteiger partial charge is 0.336 e. The molecular formula is C12H20O4. The van der Waals surface area contributed by atoms with Crippen LogP contribution in [0.5, 0.6) is 0 Å². The fourth-order valence-electron chi connectivity index (χ4n) is 0.625. The van der Waals surface area contributed by atoms with Gasteiger partial charge in [-0.1, -0.05) is 53.0 Å². The van der Waals surface area contributed by atoms with Gasteiger partial charge in [-0.15, -0.1) is 0 Å². The molecule has 2 N–H and O–H groups in total. The van der Waals surface area contributed by atoms with Crippen LogP contribution in [0.3, 0.4) is 0 Å². The predicted octanol–water partition coefficient (Wildman–Crippen LogP) is 2.88. The third kappa shape index (κ3) is 7.55. The fraction of sp³-hybridized carbons (Fsp3) is 0.333. The molecule has 0 aromatic rings. The van der Waals surface area contributed by atoms with E-state index in [2.05, 4.69) is 13.2 Å². The molecule has 0 saturated carbocycles. The van der Waals surface area contributed by atoms with Crippen LogP contribution in [0.25, 0.3) is 0 Å². The number of carbonyl (C=O) groups is 2. The van der Waals surface area contributed by atoms with Gasteiger partial charge in [0.1, 0.15) is 0 Å². The monoisotopic (exact) mass is 228 g/mol. The van der Waals surface area contributed by atoms with Gasteiger partial charge in [-0.05, 0) is 0 Å². The van der Waals surface area contributed by atoms with Crippen molar-refractivity contribution in [2.45, 2.75) is 27.7 Å². The molecule has 0 bridgehead atoms. The van der Waals surface area contributed by atoms with Crippen molar-refractivity contribution in [1.29, 1.82) is 0 Å². The van der Waals surface area contributed by atoms with Gasteiger partial charge in [0.15, 0.2) is 0 Å². The molecule has 0 aliphatic heterocycles. The molecule has 0 saturated heterocycles. The quantitative estimate of drug-likeness (QED) is 0.573. The van der Waals surface area contributed by atoms with Crippen LogP contribution in [0.4, 0.5) is 0 Å². The van der Waals surface area contributed by atoms with Crippen LogP contribution in [0.1, 0.15) is 27.7 Å². The molecule has 4 heteroatoms. The molecular weight excluding hydrogens is 208 g/mol. The third-order valence-electron chi connectivity index (χ3n) is 1.16. The lowest BCUT2D eigenvalue weighted by molar-refractivity contribution is -0.135. The van der Waals surface area contributed by atoms with Crippen LogP contribution in [0.15, 0.2) is 36.5 Å². The molecule has 0 unspecified atom stereocenters. The predicted molar refractivity (Wildman–Crippen MR) is 65.4 cm³/mol. The second-order valence-electron chi connectivity index (χ2n) is 1.85. The minimum atomic E-state index is -1.33. The molecule has 0 radical (unpaired) electrons. The Labute approximate surface area is 96.6 Å². The highest BCUT2D eigenvalue weighted by Crippen LogP contribution is 2.07. The first-order chi connectivity index (χ1) is 7.54. The number of hydrogen-bond donors (Lipinski definition) is 2. The van der Waals surface area contributed by atoms with E-state index >= 15 is 0 Å². The van der Waals surface area contributed by atoms with E-state index < -0.39 is 11.9 Å². The van der Waals surface area contributed by atoms with Crippen molar-refractivity contribution in [1.82, 2.24) is 0 Å². The Kier molecular flexibility index (Phi) is 16.2. The number of carboxylic acids is 2. The van der Waals surface area contributed by atoms with Crippen molar-refractivity contribution in [3.05, 3.63) is 36.5 Å². The summed E-state index contributed by atoms with van der Waals surface area (Å²) in [6.07, 6.45) is 1.93. The highest BCUT2D eigenvalue weighted by Gasteiger charge is 2.13. The van der Waals surface area contributed by atoms with Crippen LogP contribution in [-0.4, -0.2) is 22.2 Å². The lowest BCUT2D eigenvalue weighted by atomic mass is 10.1. The van der Waals surface area contributed by atoms with E-state index in [4.69, 9.17) is 10.2 Å². The maximum atomic E-state index is 10.4. The van der Waals surface area contributed by atoms with Crippen LogP contribution in [-0.2, 0) is 9.59 Å². The number of aliphatic carboxylic acids is 2. The van der Waals surface area contributed by atoms with Crippen LogP contribution < -0.4 is 0 Å². The van der Waals surface area contributed by atoms with E-state index in [9.17, 15) is 9.59 Å². The van der Waals surface area contributed by atoms with Crippen LogP contribution >= 0.6 is 0 Å². The van der Waals surface area contributed by atoms with Crippen molar-refractivity contribution in [2.24, 2.45) is 0 Å². The van der Waals surface area contributed by atoms with Gasteiger partial charge in [0.05, 0.1) is 11.1 Å². The average Bonchev–Trinajstić information content (AvgIpc) is 2.30. The molecule has 0 aliphatic carbocycles. The molecule has 0 fully saturated rings. The van der Waals surface area contributed by atoms with E-state index in [0.717, 1.165) is 12.2 Å². The van der Waals surface area contributed by atoms with Crippen LogP contribution in [0, 0.1) is 0 Å². The zero-order chi connectivity index (χ0) is 13.7. The molecule has 0 heterocycles. The van der Waals surface area contributed by atoms with Gasteiger partial charge in [-0.3, -0.25) is 0 Å².